The van der Waals surface area contributed by atoms with Gasteiger partial charge in [-0.1, -0.05) is 0 Å². The monoisotopic (exact) mass is 276 g/mol. The first-order chi connectivity index (χ1) is 9.70. The number of hydrogen-bond donors (Lipinski definition) is 2. The molecule has 0 radical (unpaired) electrons. The Morgan fingerprint density at radius 2 is 2.35 bits per heavy atom. The van der Waals surface area contributed by atoms with Crippen LogP contribution in [-0.4, -0.2) is 35.2 Å². The Hall–Kier alpha value is -2.54. The number of benzene rings is 1. The highest BCUT2D eigenvalue weighted by molar-refractivity contribution is 5.87. The highest BCUT2D eigenvalue weighted by Crippen LogP contribution is 2.41. The van der Waals surface area contributed by atoms with Crippen molar-refractivity contribution in [3.63, 3.8) is 0 Å². The highest BCUT2D eigenvalue weighted by Gasteiger charge is 2.23. The molecular weight excluding hydrogens is 264 g/mol. The first-order valence-corrected chi connectivity index (χ1v) is 5.90. The Morgan fingerprint density at radius 1 is 1.50 bits per heavy atom. The lowest BCUT2D eigenvalue weighted by Crippen LogP contribution is -1.97. The second kappa shape index (κ2) is 4.86. The summed E-state index contributed by atoms with van der Waals surface area (Å²) in [6.07, 6.45) is 0. The van der Waals surface area contributed by atoms with Crippen LogP contribution in [0.25, 0.3) is 11.3 Å². The maximum absolute atomic E-state index is 10.9. The maximum Gasteiger partial charge on any atom is 0.353 e. The molecule has 7 heteroatoms. The number of carboxylic acid groups (broad SMARTS) is 1. The number of hydrogen-bond acceptors (Lipinski definition) is 5. The smallest absolute Gasteiger partial charge is 0.353 e. The number of H-pyrrole nitrogens is 1. The van der Waals surface area contributed by atoms with Crippen LogP contribution in [0.3, 0.4) is 0 Å². The number of nitrogens with zero attached hydrogens (tertiary/aromatic N) is 1. The standard InChI is InChI=1S/C13H12N2O5/c1-18-5-8-7(2-3-11-12(8)20-6-19-11)9-4-10(13(16)17)15-14-9/h2-4H,5-6H2,1H3,(H,14,15)(H,16,17). The van der Waals surface area contributed by atoms with Crippen LogP contribution in [-0.2, 0) is 11.3 Å². The number of ether oxygens (including phenoxy) is 3. The highest BCUT2D eigenvalue weighted by atomic mass is 16.7. The van der Waals surface area contributed by atoms with E-state index in [1.165, 1.54) is 6.07 Å². The summed E-state index contributed by atoms with van der Waals surface area (Å²) in [5.74, 6) is 0.205. The molecule has 1 aromatic carbocycles. The summed E-state index contributed by atoms with van der Waals surface area (Å²) in [6, 6.07) is 5.05. The minimum Gasteiger partial charge on any atom is -0.477 e. The molecule has 0 saturated carbocycles. The summed E-state index contributed by atoms with van der Waals surface area (Å²) in [4.78, 5) is 10.9. The van der Waals surface area contributed by atoms with Gasteiger partial charge in [-0.3, -0.25) is 5.10 Å². The Labute approximate surface area is 114 Å². The zero-order valence-electron chi connectivity index (χ0n) is 10.7. The Bertz CT molecular complexity index is 665. The van der Waals surface area contributed by atoms with Crippen molar-refractivity contribution in [2.75, 3.05) is 13.9 Å². The molecule has 2 N–H and O–H groups in total. The van der Waals surface area contributed by atoms with Crippen LogP contribution in [0.15, 0.2) is 18.2 Å². The van der Waals surface area contributed by atoms with E-state index < -0.39 is 5.97 Å². The van der Waals surface area contributed by atoms with Crippen LogP contribution in [0.5, 0.6) is 11.5 Å². The van der Waals surface area contributed by atoms with Gasteiger partial charge in [-0.05, 0) is 18.2 Å². The lowest BCUT2D eigenvalue weighted by molar-refractivity contribution is 0.0690. The topological polar surface area (TPSA) is 93.7 Å². The zero-order valence-corrected chi connectivity index (χ0v) is 10.7. The molecule has 0 bridgehead atoms. The van der Waals surface area contributed by atoms with Crippen molar-refractivity contribution in [3.05, 3.63) is 29.5 Å². The van der Waals surface area contributed by atoms with Crippen LogP contribution in [0, 0.1) is 0 Å². The predicted octanol–water partition coefficient (Wildman–Crippen LogP) is 1.65. The van der Waals surface area contributed by atoms with Crippen molar-refractivity contribution in [1.82, 2.24) is 10.2 Å². The first-order valence-electron chi connectivity index (χ1n) is 5.90. The molecule has 0 unspecified atom stereocenters. The first kappa shape index (κ1) is 12.5. The van der Waals surface area contributed by atoms with Gasteiger partial charge in [-0.25, -0.2) is 4.79 Å². The van der Waals surface area contributed by atoms with Crippen LogP contribution in [0.1, 0.15) is 16.1 Å². The van der Waals surface area contributed by atoms with E-state index >= 15 is 0 Å². The Balaban J connectivity index is 2.10. The molecule has 0 atom stereocenters. The molecule has 2 heterocycles. The van der Waals surface area contributed by atoms with Gasteiger partial charge in [0.05, 0.1) is 12.3 Å². The number of nitrogens with one attached hydrogen (secondary N) is 1. The minimum absolute atomic E-state index is 0.0287. The van der Waals surface area contributed by atoms with E-state index in [-0.39, 0.29) is 12.5 Å². The normalized spacial score (nSPS) is 12.7. The number of methoxy groups -OCH3 is 1. The second-order valence-electron chi connectivity index (χ2n) is 4.23. The van der Waals surface area contributed by atoms with Gasteiger partial charge >= 0.3 is 5.97 Å². The Morgan fingerprint density at radius 3 is 3.05 bits per heavy atom. The molecule has 0 fully saturated rings. The van der Waals surface area contributed by atoms with E-state index in [9.17, 15) is 4.79 Å². The van der Waals surface area contributed by atoms with Crippen molar-refractivity contribution in [3.8, 4) is 22.8 Å². The third kappa shape index (κ3) is 1.97. The summed E-state index contributed by atoms with van der Waals surface area (Å²) in [5, 5.41) is 15.4. The molecule has 0 spiro atoms. The fraction of sp³-hybridized carbons (Fsp3) is 0.231. The number of carbonyl (C=O) groups is 1. The van der Waals surface area contributed by atoms with Crippen LogP contribution >= 0.6 is 0 Å². The van der Waals surface area contributed by atoms with Gasteiger partial charge in [-0.15, -0.1) is 0 Å². The number of aromatic carboxylic acids is 1. The summed E-state index contributed by atoms with van der Waals surface area (Å²) in [5.41, 5.74) is 2.08. The van der Waals surface area contributed by atoms with Crippen molar-refractivity contribution in [2.24, 2.45) is 0 Å². The van der Waals surface area contributed by atoms with Gasteiger partial charge in [-0.2, -0.15) is 5.10 Å². The molecule has 0 saturated heterocycles. The van der Waals surface area contributed by atoms with Crippen LogP contribution in [0.2, 0.25) is 0 Å². The molecule has 104 valence electrons. The molecule has 1 aliphatic rings. The van der Waals surface area contributed by atoms with Crippen molar-refractivity contribution in [2.45, 2.75) is 6.61 Å². The van der Waals surface area contributed by atoms with E-state index in [4.69, 9.17) is 19.3 Å². The summed E-state index contributed by atoms with van der Waals surface area (Å²) < 4.78 is 15.9. The number of rotatable bonds is 4. The zero-order chi connectivity index (χ0) is 14.1. The molecule has 0 amide bonds. The van der Waals surface area contributed by atoms with E-state index in [0.717, 1.165) is 11.1 Å². The van der Waals surface area contributed by atoms with E-state index in [1.54, 1.807) is 13.2 Å². The minimum atomic E-state index is -1.06. The molecule has 7 nitrogen and oxygen atoms in total. The van der Waals surface area contributed by atoms with Crippen LogP contribution in [0.4, 0.5) is 0 Å². The summed E-state index contributed by atoms with van der Waals surface area (Å²) in [6.45, 7) is 0.480. The average Bonchev–Trinajstić information content (AvgIpc) is 3.08. The SMILES string of the molecule is COCc1c(-c2cc(C(=O)O)[nH]n2)ccc2c1OCO2. The quantitative estimate of drug-likeness (QED) is 0.881. The molecule has 2 aromatic rings. The summed E-state index contributed by atoms with van der Waals surface area (Å²) in [7, 11) is 1.58. The fourth-order valence-corrected chi connectivity index (χ4v) is 2.13. The molecular formula is C13H12N2O5. The molecule has 0 aliphatic carbocycles. The van der Waals surface area contributed by atoms with Gasteiger partial charge in [0, 0.05) is 18.2 Å². The lowest BCUT2D eigenvalue weighted by Gasteiger charge is -2.09. The average molecular weight is 276 g/mol. The molecule has 1 aliphatic heterocycles. The van der Waals surface area contributed by atoms with Gasteiger partial charge in [0.1, 0.15) is 5.69 Å². The number of fused-ring (bicyclic) bond motifs is 1. The van der Waals surface area contributed by atoms with Crippen LogP contribution < -0.4 is 9.47 Å². The Kier molecular flexibility index (Phi) is 3.03. The van der Waals surface area contributed by atoms with Gasteiger partial charge in [0.15, 0.2) is 11.5 Å². The van der Waals surface area contributed by atoms with Crippen molar-refractivity contribution < 1.29 is 24.1 Å². The van der Waals surface area contributed by atoms with E-state index in [0.29, 0.717) is 23.8 Å². The molecule has 3 rings (SSSR count). The number of aromatic amines is 1. The lowest BCUT2D eigenvalue weighted by atomic mass is 10.0. The van der Waals surface area contributed by atoms with Gasteiger partial charge in [0.2, 0.25) is 6.79 Å². The van der Waals surface area contributed by atoms with E-state index in [1.807, 2.05) is 6.07 Å². The van der Waals surface area contributed by atoms with Crippen molar-refractivity contribution in [1.29, 1.82) is 0 Å². The fourth-order valence-electron chi connectivity index (χ4n) is 2.13. The van der Waals surface area contributed by atoms with Gasteiger partial charge in [0.25, 0.3) is 0 Å². The third-order valence-corrected chi connectivity index (χ3v) is 3.01. The molecule has 20 heavy (non-hydrogen) atoms. The predicted molar refractivity (Wildman–Crippen MR) is 67.8 cm³/mol. The second-order valence-corrected chi connectivity index (χ2v) is 4.23. The largest absolute Gasteiger partial charge is 0.477 e. The van der Waals surface area contributed by atoms with Gasteiger partial charge < -0.3 is 19.3 Å². The van der Waals surface area contributed by atoms with Crippen molar-refractivity contribution >= 4 is 5.97 Å². The summed E-state index contributed by atoms with van der Waals surface area (Å²) >= 11 is 0. The molecule has 1 aromatic heterocycles. The van der Waals surface area contributed by atoms with E-state index in [2.05, 4.69) is 10.2 Å². The third-order valence-electron chi connectivity index (χ3n) is 3.01. The number of aromatic nitrogens is 2. The number of carboxylic acids is 1. The maximum atomic E-state index is 10.9.